The molecule has 0 bridgehead atoms. The third-order valence-corrected chi connectivity index (χ3v) is 4.48. The number of hydrogen-bond acceptors (Lipinski definition) is 3. The zero-order chi connectivity index (χ0) is 12.7. The summed E-state index contributed by atoms with van der Waals surface area (Å²) in [5.74, 6) is 1.10. The largest absolute Gasteiger partial charge is 0.341 e. The Balaban J connectivity index is 1.48. The number of fused-ring (bicyclic) bond motifs is 2. The molecule has 3 heterocycles. The van der Waals surface area contributed by atoms with Gasteiger partial charge in [0.25, 0.3) is 0 Å². The van der Waals surface area contributed by atoms with Gasteiger partial charge in [-0.15, -0.1) is 0 Å². The number of aromatic amines is 1. The number of aromatic nitrogens is 2. The maximum Gasteiger partial charge on any atom is 0.121 e. The molecule has 0 radical (unpaired) electrons. The average molecular weight is 256 g/mol. The van der Waals surface area contributed by atoms with Crippen LogP contribution in [0.5, 0.6) is 0 Å². The van der Waals surface area contributed by atoms with Crippen LogP contribution in [0.25, 0.3) is 11.0 Å². The van der Waals surface area contributed by atoms with Crippen LogP contribution in [0, 0.1) is 0 Å². The molecule has 4 nitrogen and oxygen atoms in total. The number of imidazole rings is 1. The summed E-state index contributed by atoms with van der Waals surface area (Å²) >= 11 is 0. The molecular formula is C15H20N4. The summed E-state index contributed by atoms with van der Waals surface area (Å²) in [5, 5.41) is 0. The summed E-state index contributed by atoms with van der Waals surface area (Å²) in [5.41, 5.74) is 2.23. The second-order valence-electron chi connectivity index (χ2n) is 5.77. The monoisotopic (exact) mass is 256 g/mol. The molecule has 4 rings (SSSR count). The lowest BCUT2D eigenvalue weighted by Gasteiger charge is -2.37. The summed E-state index contributed by atoms with van der Waals surface area (Å²) in [7, 11) is 0. The van der Waals surface area contributed by atoms with E-state index in [1.165, 1.54) is 39.0 Å². The molecule has 1 aromatic heterocycles. The lowest BCUT2D eigenvalue weighted by Crippen LogP contribution is -2.49. The fourth-order valence-corrected chi connectivity index (χ4v) is 3.49. The molecule has 1 aromatic carbocycles. The van der Waals surface area contributed by atoms with E-state index < -0.39 is 0 Å². The smallest absolute Gasteiger partial charge is 0.121 e. The molecule has 4 heteroatoms. The minimum atomic E-state index is 0.790. The highest BCUT2D eigenvalue weighted by Crippen LogP contribution is 2.22. The van der Waals surface area contributed by atoms with Gasteiger partial charge in [0, 0.05) is 25.7 Å². The number of H-pyrrole nitrogens is 1. The van der Waals surface area contributed by atoms with Gasteiger partial charge >= 0.3 is 0 Å². The van der Waals surface area contributed by atoms with Gasteiger partial charge in [-0.1, -0.05) is 12.1 Å². The quantitative estimate of drug-likeness (QED) is 0.890. The molecule has 100 valence electrons. The zero-order valence-corrected chi connectivity index (χ0v) is 11.2. The Morgan fingerprint density at radius 3 is 3.11 bits per heavy atom. The van der Waals surface area contributed by atoms with Gasteiger partial charge in [-0.05, 0) is 31.5 Å². The third-order valence-electron chi connectivity index (χ3n) is 4.48. The highest BCUT2D eigenvalue weighted by Gasteiger charge is 2.30. The summed E-state index contributed by atoms with van der Waals surface area (Å²) in [6.07, 6.45) is 2.75. The van der Waals surface area contributed by atoms with Crippen LogP contribution >= 0.6 is 0 Å². The molecule has 2 aliphatic heterocycles. The van der Waals surface area contributed by atoms with E-state index in [4.69, 9.17) is 0 Å². The molecule has 1 N–H and O–H groups in total. The second kappa shape index (κ2) is 4.62. The van der Waals surface area contributed by atoms with Crippen LogP contribution in [-0.2, 0) is 6.54 Å². The number of benzene rings is 1. The normalized spacial score (nSPS) is 24.9. The Kier molecular flexibility index (Phi) is 2.78. The molecule has 2 saturated heterocycles. The van der Waals surface area contributed by atoms with Crippen molar-refractivity contribution >= 4 is 11.0 Å². The highest BCUT2D eigenvalue weighted by atomic mass is 15.3. The molecule has 0 amide bonds. The number of para-hydroxylation sites is 2. The van der Waals surface area contributed by atoms with Crippen molar-refractivity contribution in [3.05, 3.63) is 30.1 Å². The molecule has 1 atom stereocenters. The van der Waals surface area contributed by atoms with Gasteiger partial charge < -0.3 is 4.98 Å². The number of hydrogen-bond donors (Lipinski definition) is 1. The minimum absolute atomic E-state index is 0.790. The Bertz CT molecular complexity index is 543. The molecule has 0 spiro atoms. The first-order valence-corrected chi connectivity index (χ1v) is 7.28. The first-order chi connectivity index (χ1) is 9.38. The van der Waals surface area contributed by atoms with E-state index in [1.807, 2.05) is 6.07 Å². The predicted molar refractivity (Wildman–Crippen MR) is 76.0 cm³/mol. The molecule has 0 saturated carbocycles. The van der Waals surface area contributed by atoms with Crippen molar-refractivity contribution in [1.82, 2.24) is 19.8 Å². The van der Waals surface area contributed by atoms with Crippen LogP contribution in [0.15, 0.2) is 24.3 Å². The first-order valence-electron chi connectivity index (χ1n) is 7.28. The SMILES string of the molecule is c1ccc2[nH]c(CN3CCN4CCCC4C3)nc2c1. The fraction of sp³-hybridized carbons (Fsp3) is 0.533. The van der Waals surface area contributed by atoms with Crippen molar-refractivity contribution < 1.29 is 0 Å². The van der Waals surface area contributed by atoms with Crippen LogP contribution in [0.2, 0.25) is 0 Å². The van der Waals surface area contributed by atoms with Crippen molar-refractivity contribution in [1.29, 1.82) is 0 Å². The molecule has 2 aliphatic rings. The van der Waals surface area contributed by atoms with Crippen molar-refractivity contribution in [2.24, 2.45) is 0 Å². The van der Waals surface area contributed by atoms with Gasteiger partial charge in [0.15, 0.2) is 0 Å². The number of nitrogens with one attached hydrogen (secondary N) is 1. The summed E-state index contributed by atoms with van der Waals surface area (Å²) in [6.45, 7) is 5.87. The Morgan fingerprint density at radius 1 is 1.21 bits per heavy atom. The highest BCUT2D eigenvalue weighted by molar-refractivity contribution is 5.74. The Hall–Kier alpha value is -1.39. The van der Waals surface area contributed by atoms with Crippen LogP contribution in [0.3, 0.4) is 0 Å². The van der Waals surface area contributed by atoms with E-state index in [1.54, 1.807) is 0 Å². The van der Waals surface area contributed by atoms with E-state index in [0.29, 0.717) is 0 Å². The number of piperazine rings is 1. The van der Waals surface area contributed by atoms with E-state index in [-0.39, 0.29) is 0 Å². The third kappa shape index (κ3) is 2.15. The van der Waals surface area contributed by atoms with Crippen molar-refractivity contribution in [2.75, 3.05) is 26.2 Å². The number of nitrogens with zero attached hydrogens (tertiary/aromatic N) is 3. The van der Waals surface area contributed by atoms with Gasteiger partial charge in [0.05, 0.1) is 17.6 Å². The first kappa shape index (κ1) is 11.4. The maximum atomic E-state index is 4.68. The van der Waals surface area contributed by atoms with Crippen LogP contribution in [0.4, 0.5) is 0 Å². The molecule has 0 aliphatic carbocycles. The second-order valence-corrected chi connectivity index (χ2v) is 5.77. The summed E-state index contributed by atoms with van der Waals surface area (Å²) in [4.78, 5) is 13.3. The van der Waals surface area contributed by atoms with Gasteiger partial charge in [0.1, 0.15) is 5.82 Å². The van der Waals surface area contributed by atoms with Gasteiger partial charge in [-0.2, -0.15) is 0 Å². The van der Waals surface area contributed by atoms with Crippen molar-refractivity contribution in [2.45, 2.75) is 25.4 Å². The van der Waals surface area contributed by atoms with Crippen molar-refractivity contribution in [3.8, 4) is 0 Å². The van der Waals surface area contributed by atoms with Crippen molar-refractivity contribution in [3.63, 3.8) is 0 Å². The van der Waals surface area contributed by atoms with Gasteiger partial charge in [0.2, 0.25) is 0 Å². The molecule has 2 aromatic rings. The van der Waals surface area contributed by atoms with Crippen LogP contribution in [-0.4, -0.2) is 52.0 Å². The average Bonchev–Trinajstić information content (AvgIpc) is 3.03. The molecular weight excluding hydrogens is 236 g/mol. The molecule has 19 heavy (non-hydrogen) atoms. The summed E-state index contributed by atoms with van der Waals surface area (Å²) < 4.78 is 0. The van der Waals surface area contributed by atoms with E-state index in [0.717, 1.165) is 29.4 Å². The standard InChI is InChI=1S/C15H20N4/c1-2-6-14-13(5-1)16-15(17-14)11-18-8-9-19-7-3-4-12(19)10-18/h1-2,5-6,12H,3-4,7-11H2,(H,16,17). The van der Waals surface area contributed by atoms with E-state index in [9.17, 15) is 0 Å². The molecule has 2 fully saturated rings. The number of rotatable bonds is 2. The maximum absolute atomic E-state index is 4.68. The molecule has 1 unspecified atom stereocenters. The van der Waals surface area contributed by atoms with Gasteiger partial charge in [-0.25, -0.2) is 4.98 Å². The van der Waals surface area contributed by atoms with E-state index in [2.05, 4.69) is 38.0 Å². The minimum Gasteiger partial charge on any atom is -0.341 e. The summed E-state index contributed by atoms with van der Waals surface area (Å²) in [6, 6.07) is 9.06. The zero-order valence-electron chi connectivity index (χ0n) is 11.2. The lowest BCUT2D eigenvalue weighted by molar-refractivity contribution is 0.0977. The Labute approximate surface area is 113 Å². The predicted octanol–water partition coefficient (Wildman–Crippen LogP) is 1.84. The topological polar surface area (TPSA) is 35.2 Å². The lowest BCUT2D eigenvalue weighted by atomic mass is 10.1. The van der Waals surface area contributed by atoms with E-state index >= 15 is 0 Å². The van der Waals surface area contributed by atoms with Crippen LogP contribution in [0.1, 0.15) is 18.7 Å². The Morgan fingerprint density at radius 2 is 2.16 bits per heavy atom. The van der Waals surface area contributed by atoms with Crippen LogP contribution < -0.4 is 0 Å². The fourth-order valence-electron chi connectivity index (χ4n) is 3.49. The van der Waals surface area contributed by atoms with Gasteiger partial charge in [-0.3, -0.25) is 9.80 Å².